The first-order valence-electron chi connectivity index (χ1n) is 5.37. The zero-order valence-corrected chi connectivity index (χ0v) is 9.58. The number of pyridine rings is 1. The normalized spacial score (nSPS) is 10.2. The van der Waals surface area contributed by atoms with Gasteiger partial charge >= 0.3 is 0 Å². The lowest BCUT2D eigenvalue weighted by Crippen LogP contribution is -2.40. The summed E-state index contributed by atoms with van der Waals surface area (Å²) in [6.45, 7) is 0.0802. The number of benzene rings is 1. The maximum absolute atomic E-state index is 12.0. The van der Waals surface area contributed by atoms with Crippen LogP contribution >= 0.6 is 0 Å². The molecule has 92 valence electrons. The lowest BCUT2D eigenvalue weighted by molar-refractivity contribution is -0.668. The molecule has 2 rings (SSSR count). The molecule has 5 heteroatoms. The number of nitrogens with zero attached hydrogens (tertiary/aromatic N) is 1. The topological polar surface area (TPSA) is 87.4 Å². The highest BCUT2D eigenvalue weighted by Gasteiger charge is 2.13. The number of hydrogen-bond donors (Lipinski definition) is 3. The fraction of sp³-hybridized carbons (Fsp3) is 0.0769. The largest absolute Gasteiger partial charge is 0.504 e. The molecule has 0 bridgehead atoms. The molecule has 0 aliphatic rings. The monoisotopic (exact) mass is 245 g/mol. The van der Waals surface area contributed by atoms with Gasteiger partial charge in [0.1, 0.15) is 0 Å². The maximum Gasteiger partial charge on any atom is 0.272 e. The van der Waals surface area contributed by atoms with Crippen LogP contribution in [0, 0.1) is 0 Å². The van der Waals surface area contributed by atoms with Crippen molar-refractivity contribution in [3.8, 4) is 11.5 Å². The summed E-state index contributed by atoms with van der Waals surface area (Å²) in [5.41, 5.74) is 6.04. The van der Waals surface area contributed by atoms with E-state index in [2.05, 4.69) is 0 Å². The van der Waals surface area contributed by atoms with Gasteiger partial charge in [0, 0.05) is 11.6 Å². The van der Waals surface area contributed by atoms with E-state index in [0.717, 1.165) is 0 Å². The summed E-state index contributed by atoms with van der Waals surface area (Å²) in [5.74, 6) is -0.285. The number of nitrogen functional groups attached to an aromatic ring is 1. The van der Waals surface area contributed by atoms with E-state index in [1.54, 1.807) is 29.0 Å². The van der Waals surface area contributed by atoms with Crippen LogP contribution in [-0.2, 0) is 6.54 Å². The van der Waals surface area contributed by atoms with Crippen molar-refractivity contribution < 1.29 is 19.6 Å². The van der Waals surface area contributed by atoms with E-state index in [9.17, 15) is 15.0 Å². The van der Waals surface area contributed by atoms with Crippen LogP contribution in [0.1, 0.15) is 10.4 Å². The van der Waals surface area contributed by atoms with Gasteiger partial charge in [0.05, 0.1) is 6.20 Å². The van der Waals surface area contributed by atoms with Crippen molar-refractivity contribution in [2.75, 3.05) is 5.73 Å². The standard InChI is InChI=1S/C13H12N2O3/c14-13-3-1-2-6-15(13)8-12(18)9-4-5-10(16)11(17)7-9/h1-7,14H,8H2,(H2,16,17,18)/p+1. The first kappa shape index (κ1) is 11.9. The Bertz CT molecular complexity index is 597. The second-order valence-electron chi connectivity index (χ2n) is 3.88. The smallest absolute Gasteiger partial charge is 0.272 e. The van der Waals surface area contributed by atoms with Crippen LogP contribution in [-0.4, -0.2) is 16.0 Å². The van der Waals surface area contributed by atoms with Gasteiger partial charge in [-0.2, -0.15) is 0 Å². The Balaban J connectivity index is 2.22. The summed E-state index contributed by atoms with van der Waals surface area (Å²) < 4.78 is 1.60. The molecule has 0 atom stereocenters. The van der Waals surface area contributed by atoms with E-state index < -0.39 is 0 Å². The lowest BCUT2D eigenvalue weighted by atomic mass is 10.1. The van der Waals surface area contributed by atoms with Crippen LogP contribution < -0.4 is 10.3 Å². The molecule has 0 aliphatic carbocycles. The Morgan fingerprint density at radius 3 is 2.61 bits per heavy atom. The quantitative estimate of drug-likeness (QED) is 0.425. The van der Waals surface area contributed by atoms with Gasteiger partial charge in [0.15, 0.2) is 18.0 Å². The van der Waals surface area contributed by atoms with Crippen LogP contribution in [0.15, 0.2) is 42.6 Å². The maximum atomic E-state index is 12.0. The molecule has 1 aromatic carbocycles. The zero-order chi connectivity index (χ0) is 13.1. The molecular formula is C13H13N2O3+. The van der Waals surface area contributed by atoms with Crippen molar-refractivity contribution in [3.63, 3.8) is 0 Å². The predicted octanol–water partition coefficient (Wildman–Crippen LogP) is 0.850. The van der Waals surface area contributed by atoms with Crippen molar-refractivity contribution in [1.29, 1.82) is 0 Å². The second-order valence-corrected chi connectivity index (χ2v) is 3.88. The van der Waals surface area contributed by atoms with Gasteiger partial charge in [-0.15, -0.1) is 0 Å². The predicted molar refractivity (Wildman–Crippen MR) is 65.2 cm³/mol. The minimum atomic E-state index is -0.313. The summed E-state index contributed by atoms with van der Waals surface area (Å²) >= 11 is 0. The number of Topliss-reactive ketones (excluding diaryl/α,β-unsaturated/α-hetero) is 1. The van der Waals surface area contributed by atoms with Crippen LogP contribution in [0.25, 0.3) is 0 Å². The van der Waals surface area contributed by atoms with Gasteiger partial charge < -0.3 is 10.2 Å². The van der Waals surface area contributed by atoms with Crippen molar-refractivity contribution in [1.82, 2.24) is 0 Å². The number of carbonyl (C=O) groups is 1. The van der Waals surface area contributed by atoms with Crippen molar-refractivity contribution in [3.05, 3.63) is 48.2 Å². The number of aromatic nitrogens is 1. The Kier molecular flexibility index (Phi) is 3.14. The van der Waals surface area contributed by atoms with E-state index in [4.69, 9.17) is 5.73 Å². The third kappa shape index (κ3) is 2.40. The van der Waals surface area contributed by atoms with E-state index in [1.165, 1.54) is 18.2 Å². The summed E-state index contributed by atoms with van der Waals surface area (Å²) in [7, 11) is 0. The summed E-state index contributed by atoms with van der Waals surface area (Å²) in [5, 5.41) is 18.5. The van der Waals surface area contributed by atoms with E-state index >= 15 is 0 Å². The van der Waals surface area contributed by atoms with Crippen LogP contribution in [0.5, 0.6) is 11.5 Å². The van der Waals surface area contributed by atoms with Gasteiger partial charge in [-0.1, -0.05) is 6.07 Å². The fourth-order valence-electron chi connectivity index (χ4n) is 1.58. The third-order valence-corrected chi connectivity index (χ3v) is 2.59. The molecule has 0 amide bonds. The zero-order valence-electron chi connectivity index (χ0n) is 9.58. The molecule has 0 saturated heterocycles. The van der Waals surface area contributed by atoms with Gasteiger partial charge in [-0.25, -0.2) is 4.57 Å². The number of nitrogens with two attached hydrogens (primary N) is 1. The first-order chi connectivity index (χ1) is 8.58. The molecule has 4 N–H and O–H groups in total. The van der Waals surface area contributed by atoms with Gasteiger partial charge in [0.2, 0.25) is 5.78 Å². The fourth-order valence-corrected chi connectivity index (χ4v) is 1.58. The highest BCUT2D eigenvalue weighted by Crippen LogP contribution is 2.24. The molecule has 5 nitrogen and oxygen atoms in total. The van der Waals surface area contributed by atoms with Gasteiger partial charge in [0.25, 0.3) is 5.82 Å². The summed E-state index contributed by atoms with van der Waals surface area (Å²) in [6, 6.07) is 9.22. The molecular weight excluding hydrogens is 232 g/mol. The Labute approximate surface area is 104 Å². The SMILES string of the molecule is Nc1cccc[n+]1CC(=O)c1ccc(O)c(O)c1. The van der Waals surface area contributed by atoms with E-state index in [0.29, 0.717) is 11.4 Å². The third-order valence-electron chi connectivity index (χ3n) is 2.59. The first-order valence-corrected chi connectivity index (χ1v) is 5.37. The van der Waals surface area contributed by atoms with Gasteiger partial charge in [-0.05, 0) is 24.3 Å². The number of hydrogen-bond acceptors (Lipinski definition) is 4. The second kappa shape index (κ2) is 4.75. The van der Waals surface area contributed by atoms with Gasteiger partial charge in [-0.3, -0.25) is 10.5 Å². The number of phenolic OH excluding ortho intramolecular Hbond substituents is 2. The number of anilines is 1. The molecule has 1 aromatic heterocycles. The number of phenols is 2. The lowest BCUT2D eigenvalue weighted by Gasteiger charge is -2.04. The van der Waals surface area contributed by atoms with Crippen LogP contribution in [0.3, 0.4) is 0 Å². The Hall–Kier alpha value is -2.56. The highest BCUT2D eigenvalue weighted by atomic mass is 16.3. The number of aromatic hydroxyl groups is 2. The molecule has 2 aromatic rings. The molecule has 0 unspecified atom stereocenters. The van der Waals surface area contributed by atoms with Crippen LogP contribution in [0.4, 0.5) is 5.82 Å². The summed E-state index contributed by atoms with van der Waals surface area (Å²) in [6.07, 6.45) is 1.70. The Morgan fingerprint density at radius 2 is 1.94 bits per heavy atom. The van der Waals surface area contributed by atoms with Crippen molar-refractivity contribution in [2.24, 2.45) is 0 Å². The minimum absolute atomic E-state index is 0.0802. The molecule has 1 heterocycles. The molecule has 0 saturated carbocycles. The Morgan fingerprint density at radius 1 is 1.17 bits per heavy atom. The summed E-state index contributed by atoms with van der Waals surface area (Å²) in [4.78, 5) is 12.0. The van der Waals surface area contributed by atoms with Crippen molar-refractivity contribution in [2.45, 2.75) is 6.54 Å². The molecule has 0 aliphatic heterocycles. The van der Waals surface area contributed by atoms with E-state index in [-0.39, 0.29) is 23.8 Å². The average molecular weight is 245 g/mol. The van der Waals surface area contributed by atoms with Crippen LogP contribution in [0.2, 0.25) is 0 Å². The minimum Gasteiger partial charge on any atom is -0.504 e. The number of ketones is 1. The number of carbonyl (C=O) groups excluding carboxylic acids is 1. The molecule has 18 heavy (non-hydrogen) atoms. The molecule has 0 fully saturated rings. The van der Waals surface area contributed by atoms with Crippen molar-refractivity contribution >= 4 is 11.6 Å². The molecule has 0 radical (unpaired) electrons. The average Bonchev–Trinajstić information content (AvgIpc) is 2.35. The van der Waals surface area contributed by atoms with E-state index in [1.807, 2.05) is 0 Å². The number of rotatable bonds is 3. The highest BCUT2D eigenvalue weighted by molar-refractivity contribution is 5.95. The molecule has 0 spiro atoms.